The van der Waals surface area contributed by atoms with Gasteiger partial charge in [-0.05, 0) is 23.1 Å². The van der Waals surface area contributed by atoms with E-state index in [1.165, 1.54) is 4.68 Å². The van der Waals surface area contributed by atoms with E-state index in [1.54, 1.807) is 6.20 Å². The SMILES string of the molecule is O=c1c(-c2ccccc2)c(CCO)cnn1Cc1ccccc1. The summed E-state index contributed by atoms with van der Waals surface area (Å²) in [5, 5.41) is 13.5. The maximum Gasteiger partial charge on any atom is 0.275 e. The Bertz CT molecular complexity index is 827. The molecule has 0 aliphatic rings. The fraction of sp³-hybridized carbons (Fsp3) is 0.158. The number of hydrogen-bond donors (Lipinski definition) is 1. The zero-order valence-corrected chi connectivity index (χ0v) is 12.7. The van der Waals surface area contributed by atoms with Gasteiger partial charge in [0.05, 0.1) is 18.3 Å². The first-order chi connectivity index (χ1) is 11.3. The lowest BCUT2D eigenvalue weighted by molar-refractivity contribution is 0.299. The average Bonchev–Trinajstić information content (AvgIpc) is 2.59. The second kappa shape index (κ2) is 7.03. The van der Waals surface area contributed by atoms with E-state index in [-0.39, 0.29) is 12.2 Å². The van der Waals surface area contributed by atoms with Crippen LogP contribution in [0.15, 0.2) is 71.7 Å². The molecular formula is C19H18N2O2. The maximum atomic E-state index is 12.9. The lowest BCUT2D eigenvalue weighted by Gasteiger charge is -2.12. The predicted molar refractivity (Wildman–Crippen MR) is 90.3 cm³/mol. The second-order valence-electron chi connectivity index (χ2n) is 5.33. The Morgan fingerprint density at radius 1 is 0.957 bits per heavy atom. The molecule has 0 radical (unpaired) electrons. The largest absolute Gasteiger partial charge is 0.396 e. The molecule has 0 fully saturated rings. The lowest BCUT2D eigenvalue weighted by Crippen LogP contribution is -2.26. The number of nitrogens with zero attached hydrogens (tertiary/aromatic N) is 2. The van der Waals surface area contributed by atoms with Gasteiger partial charge >= 0.3 is 0 Å². The van der Waals surface area contributed by atoms with Gasteiger partial charge in [-0.2, -0.15) is 5.10 Å². The molecule has 3 aromatic rings. The standard InChI is InChI=1S/C19H18N2O2/c22-12-11-17-13-20-21(14-15-7-3-1-4-8-15)19(23)18(17)16-9-5-2-6-10-16/h1-10,13,22H,11-12,14H2. The fourth-order valence-corrected chi connectivity index (χ4v) is 2.62. The second-order valence-corrected chi connectivity index (χ2v) is 5.33. The Labute approximate surface area is 134 Å². The van der Waals surface area contributed by atoms with E-state index < -0.39 is 0 Å². The van der Waals surface area contributed by atoms with Crippen molar-refractivity contribution < 1.29 is 5.11 Å². The first kappa shape index (κ1) is 15.2. The minimum absolute atomic E-state index is 0.0103. The van der Waals surface area contributed by atoms with Crippen LogP contribution in [0.25, 0.3) is 11.1 Å². The van der Waals surface area contributed by atoms with Gasteiger partial charge in [0.25, 0.3) is 5.56 Å². The molecule has 4 heteroatoms. The van der Waals surface area contributed by atoms with Gasteiger partial charge in [-0.25, -0.2) is 4.68 Å². The van der Waals surface area contributed by atoms with Gasteiger partial charge in [0.2, 0.25) is 0 Å². The van der Waals surface area contributed by atoms with Crippen molar-refractivity contribution in [1.29, 1.82) is 0 Å². The Balaban J connectivity index is 2.08. The topological polar surface area (TPSA) is 55.1 Å². The normalized spacial score (nSPS) is 10.7. The van der Waals surface area contributed by atoms with Gasteiger partial charge in [0, 0.05) is 6.61 Å². The summed E-state index contributed by atoms with van der Waals surface area (Å²) in [5.41, 5.74) is 3.13. The van der Waals surface area contributed by atoms with E-state index in [2.05, 4.69) is 5.10 Å². The number of rotatable bonds is 5. The molecule has 1 N–H and O–H groups in total. The fourth-order valence-electron chi connectivity index (χ4n) is 2.62. The van der Waals surface area contributed by atoms with E-state index in [0.29, 0.717) is 18.5 Å². The molecule has 0 spiro atoms. The molecule has 4 nitrogen and oxygen atoms in total. The molecular weight excluding hydrogens is 288 g/mol. The van der Waals surface area contributed by atoms with Crippen molar-refractivity contribution in [2.24, 2.45) is 0 Å². The van der Waals surface area contributed by atoms with Crippen LogP contribution >= 0.6 is 0 Å². The summed E-state index contributed by atoms with van der Waals surface area (Å²) in [6.45, 7) is 0.419. The highest BCUT2D eigenvalue weighted by Crippen LogP contribution is 2.19. The summed E-state index contributed by atoms with van der Waals surface area (Å²) in [6.07, 6.45) is 2.10. The highest BCUT2D eigenvalue weighted by molar-refractivity contribution is 5.65. The van der Waals surface area contributed by atoms with Gasteiger partial charge in [-0.3, -0.25) is 4.79 Å². The summed E-state index contributed by atoms with van der Waals surface area (Å²) >= 11 is 0. The quantitative estimate of drug-likeness (QED) is 0.788. The van der Waals surface area contributed by atoms with Crippen LogP contribution in [0.3, 0.4) is 0 Å². The van der Waals surface area contributed by atoms with Gasteiger partial charge in [0.1, 0.15) is 0 Å². The summed E-state index contributed by atoms with van der Waals surface area (Å²) < 4.78 is 1.47. The van der Waals surface area contributed by atoms with Crippen molar-refractivity contribution >= 4 is 0 Å². The Hall–Kier alpha value is -2.72. The van der Waals surface area contributed by atoms with Crippen LogP contribution in [0.5, 0.6) is 0 Å². The van der Waals surface area contributed by atoms with Crippen LogP contribution in [-0.2, 0) is 13.0 Å². The number of aliphatic hydroxyl groups excluding tert-OH is 1. The van der Waals surface area contributed by atoms with Crippen molar-refractivity contribution in [2.45, 2.75) is 13.0 Å². The molecule has 0 aliphatic heterocycles. The molecule has 23 heavy (non-hydrogen) atoms. The Morgan fingerprint density at radius 2 is 1.61 bits per heavy atom. The van der Waals surface area contributed by atoms with E-state index in [1.807, 2.05) is 60.7 Å². The van der Waals surface area contributed by atoms with Gasteiger partial charge in [-0.15, -0.1) is 0 Å². The zero-order valence-electron chi connectivity index (χ0n) is 12.7. The maximum absolute atomic E-state index is 12.9. The molecule has 0 bridgehead atoms. The monoisotopic (exact) mass is 306 g/mol. The van der Waals surface area contributed by atoms with Crippen molar-refractivity contribution in [3.8, 4) is 11.1 Å². The van der Waals surface area contributed by atoms with Crippen molar-refractivity contribution in [3.05, 3.63) is 88.3 Å². The third kappa shape index (κ3) is 3.38. The third-order valence-electron chi connectivity index (χ3n) is 3.74. The highest BCUT2D eigenvalue weighted by Gasteiger charge is 2.13. The first-order valence-electron chi connectivity index (χ1n) is 7.59. The molecule has 3 rings (SSSR count). The van der Waals surface area contributed by atoms with Crippen molar-refractivity contribution in [1.82, 2.24) is 9.78 Å². The zero-order chi connectivity index (χ0) is 16.1. The average molecular weight is 306 g/mol. The summed E-state index contributed by atoms with van der Waals surface area (Å²) in [7, 11) is 0. The van der Waals surface area contributed by atoms with E-state index in [0.717, 1.165) is 16.7 Å². The summed E-state index contributed by atoms with van der Waals surface area (Å²) in [5.74, 6) is 0. The minimum atomic E-state index is -0.133. The smallest absolute Gasteiger partial charge is 0.275 e. The highest BCUT2D eigenvalue weighted by atomic mass is 16.3. The van der Waals surface area contributed by atoms with Crippen molar-refractivity contribution in [3.63, 3.8) is 0 Å². The van der Waals surface area contributed by atoms with Crippen LogP contribution < -0.4 is 5.56 Å². The number of benzene rings is 2. The summed E-state index contributed by atoms with van der Waals surface area (Å²) in [6, 6.07) is 19.3. The van der Waals surface area contributed by atoms with E-state index in [4.69, 9.17) is 0 Å². The van der Waals surface area contributed by atoms with Crippen molar-refractivity contribution in [2.75, 3.05) is 6.61 Å². The molecule has 0 amide bonds. The molecule has 0 saturated heterocycles. The van der Waals surface area contributed by atoms with Gasteiger partial charge in [-0.1, -0.05) is 60.7 Å². The molecule has 1 heterocycles. The number of hydrogen-bond acceptors (Lipinski definition) is 3. The Morgan fingerprint density at radius 3 is 2.26 bits per heavy atom. The molecule has 2 aromatic carbocycles. The van der Waals surface area contributed by atoms with Crippen LogP contribution in [0.4, 0.5) is 0 Å². The predicted octanol–water partition coefficient (Wildman–Crippen LogP) is 2.49. The van der Waals surface area contributed by atoms with E-state index >= 15 is 0 Å². The summed E-state index contributed by atoms with van der Waals surface area (Å²) in [4.78, 5) is 12.9. The third-order valence-corrected chi connectivity index (χ3v) is 3.74. The van der Waals surface area contributed by atoms with Gasteiger partial charge in [0.15, 0.2) is 0 Å². The van der Waals surface area contributed by atoms with Crippen LogP contribution in [-0.4, -0.2) is 21.5 Å². The number of aromatic nitrogens is 2. The molecule has 0 saturated carbocycles. The molecule has 0 unspecified atom stereocenters. The lowest BCUT2D eigenvalue weighted by atomic mass is 10.0. The molecule has 0 aliphatic carbocycles. The van der Waals surface area contributed by atoms with Crippen LogP contribution in [0.2, 0.25) is 0 Å². The molecule has 1 aromatic heterocycles. The minimum Gasteiger partial charge on any atom is -0.396 e. The molecule has 116 valence electrons. The Kier molecular flexibility index (Phi) is 4.64. The van der Waals surface area contributed by atoms with Crippen LogP contribution in [0.1, 0.15) is 11.1 Å². The molecule has 0 atom stereocenters. The van der Waals surface area contributed by atoms with E-state index in [9.17, 15) is 9.90 Å². The van der Waals surface area contributed by atoms with Crippen LogP contribution in [0, 0.1) is 0 Å². The van der Waals surface area contributed by atoms with Gasteiger partial charge < -0.3 is 5.11 Å². The number of aliphatic hydroxyl groups is 1. The first-order valence-corrected chi connectivity index (χ1v) is 7.59.